The molecule has 0 fully saturated rings. The summed E-state index contributed by atoms with van der Waals surface area (Å²) >= 11 is 0. The monoisotopic (exact) mass is 153 g/mol. The minimum atomic E-state index is -0.995. The van der Waals surface area contributed by atoms with Crippen molar-refractivity contribution in [2.45, 2.75) is 6.92 Å². The van der Waals surface area contributed by atoms with Crippen molar-refractivity contribution in [2.75, 3.05) is 0 Å². The van der Waals surface area contributed by atoms with E-state index in [2.05, 4.69) is 4.98 Å². The quantitative estimate of drug-likeness (QED) is 0.645. The Balaban J connectivity index is 2.71. The highest BCUT2D eigenvalue weighted by molar-refractivity contribution is 5.84. The van der Waals surface area contributed by atoms with Crippen LogP contribution in [0.3, 0.4) is 0 Å². The van der Waals surface area contributed by atoms with Crippen LogP contribution in [0.5, 0.6) is 0 Å². The van der Waals surface area contributed by atoms with Gasteiger partial charge in [-0.15, -0.1) is 0 Å². The summed E-state index contributed by atoms with van der Waals surface area (Å²) in [6, 6.07) is 0. The fourth-order valence-corrected chi connectivity index (χ4v) is 0.613. The molecule has 0 saturated heterocycles. The Labute approximate surface area is 63.2 Å². The van der Waals surface area contributed by atoms with Gasteiger partial charge < -0.3 is 9.52 Å². The van der Waals surface area contributed by atoms with Crippen LogP contribution in [0.4, 0.5) is 0 Å². The zero-order valence-electron chi connectivity index (χ0n) is 5.94. The number of aromatic nitrogens is 1. The number of nitrogens with zero attached hydrogens (tertiary/aromatic N) is 1. The Kier molecular flexibility index (Phi) is 2.06. The molecule has 1 heterocycles. The highest BCUT2D eigenvalue weighted by Gasteiger charge is 1.94. The van der Waals surface area contributed by atoms with Crippen molar-refractivity contribution in [3.05, 3.63) is 23.9 Å². The third-order valence-electron chi connectivity index (χ3n) is 1.03. The Morgan fingerprint density at radius 3 is 3.00 bits per heavy atom. The van der Waals surface area contributed by atoms with Crippen molar-refractivity contribution in [2.24, 2.45) is 0 Å². The van der Waals surface area contributed by atoms with Crippen molar-refractivity contribution in [1.29, 1.82) is 0 Å². The maximum absolute atomic E-state index is 10.0. The molecule has 0 aromatic carbocycles. The predicted molar refractivity (Wildman–Crippen MR) is 37.9 cm³/mol. The highest BCUT2D eigenvalue weighted by atomic mass is 16.4. The zero-order valence-corrected chi connectivity index (χ0v) is 5.94. The van der Waals surface area contributed by atoms with Crippen LogP contribution in [0, 0.1) is 6.92 Å². The van der Waals surface area contributed by atoms with Gasteiger partial charge in [-0.25, -0.2) is 9.78 Å². The molecule has 0 saturated carbocycles. The molecule has 0 amide bonds. The fraction of sp³-hybridized carbons (Fsp3) is 0.143. The predicted octanol–water partition coefficient (Wildman–Crippen LogP) is 1.08. The molecule has 1 aromatic heterocycles. The molecule has 0 aliphatic heterocycles. The van der Waals surface area contributed by atoms with E-state index in [4.69, 9.17) is 9.52 Å². The van der Waals surface area contributed by atoms with Gasteiger partial charge in [-0.1, -0.05) is 0 Å². The van der Waals surface area contributed by atoms with E-state index in [9.17, 15) is 4.79 Å². The smallest absolute Gasteiger partial charge is 0.328 e. The standard InChI is InChI=1S/C7H7NO3/c1-5-8-6(4-11-5)2-3-7(9)10/h2-4H,1H3,(H,9,10). The van der Waals surface area contributed by atoms with Crippen LogP contribution >= 0.6 is 0 Å². The number of hydrogen-bond acceptors (Lipinski definition) is 3. The van der Waals surface area contributed by atoms with Gasteiger partial charge in [0.1, 0.15) is 12.0 Å². The molecule has 4 nitrogen and oxygen atoms in total. The van der Waals surface area contributed by atoms with Crippen LogP contribution in [0.15, 0.2) is 16.8 Å². The summed E-state index contributed by atoms with van der Waals surface area (Å²) in [5.41, 5.74) is 0.518. The molecule has 0 radical (unpaired) electrons. The molecule has 1 N–H and O–H groups in total. The molecule has 0 unspecified atom stereocenters. The van der Waals surface area contributed by atoms with Crippen LogP contribution in [0.1, 0.15) is 11.6 Å². The minimum absolute atomic E-state index is 0.518. The summed E-state index contributed by atoms with van der Waals surface area (Å²) in [5.74, 6) is -0.472. The summed E-state index contributed by atoms with van der Waals surface area (Å²) in [7, 11) is 0. The van der Waals surface area contributed by atoms with Gasteiger partial charge in [-0.05, 0) is 6.08 Å². The second kappa shape index (κ2) is 3.01. The highest BCUT2D eigenvalue weighted by Crippen LogP contribution is 2.01. The van der Waals surface area contributed by atoms with E-state index >= 15 is 0 Å². The number of oxazole rings is 1. The van der Waals surface area contributed by atoms with E-state index in [1.54, 1.807) is 6.92 Å². The molecular formula is C7H7NO3. The summed E-state index contributed by atoms with van der Waals surface area (Å²) in [4.78, 5) is 13.9. The minimum Gasteiger partial charge on any atom is -0.478 e. The average Bonchev–Trinajstić information content (AvgIpc) is 2.31. The molecule has 0 bridgehead atoms. The lowest BCUT2D eigenvalue weighted by Gasteiger charge is -1.77. The molecule has 0 spiro atoms. The second-order valence-corrected chi connectivity index (χ2v) is 1.96. The first-order valence-electron chi connectivity index (χ1n) is 3.01. The van der Waals surface area contributed by atoms with Gasteiger partial charge in [0, 0.05) is 13.0 Å². The Morgan fingerprint density at radius 1 is 1.82 bits per heavy atom. The number of rotatable bonds is 2. The lowest BCUT2D eigenvalue weighted by atomic mass is 10.4. The van der Waals surface area contributed by atoms with Crippen molar-refractivity contribution in [3.63, 3.8) is 0 Å². The third kappa shape index (κ3) is 2.25. The van der Waals surface area contributed by atoms with E-state index in [-0.39, 0.29) is 0 Å². The van der Waals surface area contributed by atoms with Gasteiger partial charge in [-0.3, -0.25) is 0 Å². The summed E-state index contributed by atoms with van der Waals surface area (Å²) < 4.78 is 4.84. The van der Waals surface area contributed by atoms with E-state index in [0.29, 0.717) is 11.6 Å². The van der Waals surface area contributed by atoms with Crippen molar-refractivity contribution >= 4 is 12.0 Å². The molecule has 1 aromatic rings. The van der Waals surface area contributed by atoms with Gasteiger partial charge in [-0.2, -0.15) is 0 Å². The Morgan fingerprint density at radius 2 is 2.55 bits per heavy atom. The summed E-state index contributed by atoms with van der Waals surface area (Å²) in [6.07, 6.45) is 3.78. The molecule has 0 atom stereocenters. The molecule has 58 valence electrons. The van der Waals surface area contributed by atoms with Crippen LogP contribution in [-0.4, -0.2) is 16.1 Å². The first kappa shape index (κ1) is 7.53. The number of aliphatic carboxylic acids is 1. The van der Waals surface area contributed by atoms with E-state index in [0.717, 1.165) is 6.08 Å². The first-order chi connectivity index (χ1) is 5.18. The Hall–Kier alpha value is -1.58. The normalized spacial score (nSPS) is 10.6. The number of carbonyl (C=O) groups is 1. The van der Waals surface area contributed by atoms with E-state index in [1.807, 2.05) is 0 Å². The molecule has 11 heavy (non-hydrogen) atoms. The van der Waals surface area contributed by atoms with E-state index in [1.165, 1.54) is 12.3 Å². The topological polar surface area (TPSA) is 63.3 Å². The molecule has 4 heteroatoms. The lowest BCUT2D eigenvalue weighted by Crippen LogP contribution is -1.85. The van der Waals surface area contributed by atoms with Gasteiger partial charge in [0.2, 0.25) is 0 Å². The summed E-state index contributed by atoms with van der Waals surface area (Å²) in [6.45, 7) is 1.69. The SMILES string of the molecule is Cc1nc(C=CC(=O)O)co1. The van der Waals surface area contributed by atoms with Crippen molar-refractivity contribution in [3.8, 4) is 0 Å². The van der Waals surface area contributed by atoms with Gasteiger partial charge in [0.25, 0.3) is 0 Å². The van der Waals surface area contributed by atoms with Crippen molar-refractivity contribution < 1.29 is 14.3 Å². The van der Waals surface area contributed by atoms with Gasteiger partial charge >= 0.3 is 5.97 Å². The Bertz CT molecular complexity index is 288. The maximum Gasteiger partial charge on any atom is 0.328 e. The fourth-order valence-electron chi connectivity index (χ4n) is 0.613. The van der Waals surface area contributed by atoms with Crippen LogP contribution in [0.25, 0.3) is 6.08 Å². The van der Waals surface area contributed by atoms with E-state index < -0.39 is 5.97 Å². The zero-order chi connectivity index (χ0) is 8.27. The first-order valence-corrected chi connectivity index (χ1v) is 3.01. The largest absolute Gasteiger partial charge is 0.478 e. The number of aryl methyl sites for hydroxylation is 1. The molecule has 0 aliphatic carbocycles. The van der Waals surface area contributed by atoms with Crippen molar-refractivity contribution in [1.82, 2.24) is 4.98 Å². The van der Waals surface area contributed by atoms with Gasteiger partial charge in [0.05, 0.1) is 0 Å². The van der Waals surface area contributed by atoms with Crippen LogP contribution < -0.4 is 0 Å². The summed E-state index contributed by atoms with van der Waals surface area (Å²) in [5, 5.41) is 8.24. The number of carboxylic acid groups (broad SMARTS) is 1. The maximum atomic E-state index is 10.0. The number of carboxylic acids is 1. The van der Waals surface area contributed by atoms with Crippen LogP contribution in [0.2, 0.25) is 0 Å². The average molecular weight is 153 g/mol. The molecule has 0 aliphatic rings. The number of hydrogen-bond donors (Lipinski definition) is 1. The third-order valence-corrected chi connectivity index (χ3v) is 1.03. The van der Waals surface area contributed by atoms with Gasteiger partial charge in [0.15, 0.2) is 5.89 Å². The second-order valence-electron chi connectivity index (χ2n) is 1.96. The molecule has 1 rings (SSSR count). The van der Waals surface area contributed by atoms with Crippen LogP contribution in [-0.2, 0) is 4.79 Å². The lowest BCUT2D eigenvalue weighted by molar-refractivity contribution is -0.131. The molecular weight excluding hydrogens is 146 g/mol.